The van der Waals surface area contributed by atoms with Gasteiger partial charge in [-0.15, -0.1) is 0 Å². The summed E-state index contributed by atoms with van der Waals surface area (Å²) >= 11 is 0. The van der Waals surface area contributed by atoms with Crippen LogP contribution in [0.5, 0.6) is 0 Å². The number of hydrogen-bond acceptors (Lipinski definition) is 6. The molecular weight excluding hydrogens is 384 g/mol. The van der Waals surface area contributed by atoms with Crippen molar-refractivity contribution in [3.05, 3.63) is 57.5 Å². The molecule has 1 N–H and O–H groups in total. The molecule has 162 valence electrons. The van der Waals surface area contributed by atoms with Gasteiger partial charge in [-0.25, -0.2) is 4.99 Å². The number of nitrogens with zero attached hydrogens (tertiary/aromatic N) is 5. The topological polar surface area (TPSA) is 100 Å². The number of guanidine groups is 1. The van der Waals surface area contributed by atoms with Crippen molar-refractivity contribution in [2.75, 3.05) is 32.7 Å². The summed E-state index contributed by atoms with van der Waals surface area (Å²) in [7, 11) is 0. The smallest absolute Gasteiger partial charge is 0.269 e. The molecule has 1 aliphatic heterocycles. The van der Waals surface area contributed by atoms with Crippen LogP contribution in [0.15, 0.2) is 39.8 Å². The van der Waals surface area contributed by atoms with Crippen molar-refractivity contribution >= 4 is 11.6 Å². The minimum atomic E-state index is -0.386. The summed E-state index contributed by atoms with van der Waals surface area (Å²) in [6, 6.07) is 8.56. The first-order valence-corrected chi connectivity index (χ1v) is 10.3. The standard InChI is InChI=1S/C21H30N6O3/c1-16(2)13-22-21(23-14-18-4-6-20(7-5-18)27(28)29)26-10-8-25(9-11-26)15-19-12-17(3)30-24-19/h4-7,12,16H,8-11,13-15H2,1-3H3,(H,22,23). The van der Waals surface area contributed by atoms with Gasteiger partial charge < -0.3 is 14.7 Å². The fraction of sp³-hybridized carbons (Fsp3) is 0.524. The van der Waals surface area contributed by atoms with Gasteiger partial charge in [-0.1, -0.05) is 31.1 Å². The van der Waals surface area contributed by atoms with Crippen LogP contribution in [0, 0.1) is 23.0 Å². The Labute approximate surface area is 176 Å². The van der Waals surface area contributed by atoms with E-state index in [0.29, 0.717) is 12.5 Å². The molecule has 1 aromatic carbocycles. The lowest BCUT2D eigenvalue weighted by Gasteiger charge is -2.36. The summed E-state index contributed by atoms with van der Waals surface area (Å²) in [5, 5.41) is 18.4. The maximum absolute atomic E-state index is 10.8. The fourth-order valence-electron chi connectivity index (χ4n) is 3.29. The Morgan fingerprint density at radius 2 is 1.97 bits per heavy atom. The van der Waals surface area contributed by atoms with E-state index >= 15 is 0 Å². The van der Waals surface area contributed by atoms with E-state index in [9.17, 15) is 10.1 Å². The third-order valence-electron chi connectivity index (χ3n) is 4.96. The van der Waals surface area contributed by atoms with Gasteiger partial charge >= 0.3 is 0 Å². The number of nitrogens with one attached hydrogen (secondary N) is 1. The van der Waals surface area contributed by atoms with Crippen LogP contribution in [0.2, 0.25) is 0 Å². The molecule has 0 spiro atoms. The van der Waals surface area contributed by atoms with E-state index in [-0.39, 0.29) is 10.6 Å². The molecule has 2 heterocycles. The number of nitro benzene ring substituents is 1. The Morgan fingerprint density at radius 3 is 2.53 bits per heavy atom. The van der Waals surface area contributed by atoms with E-state index in [1.165, 1.54) is 12.1 Å². The second-order valence-electron chi connectivity index (χ2n) is 8.03. The Morgan fingerprint density at radius 1 is 1.27 bits per heavy atom. The second kappa shape index (κ2) is 10.2. The van der Waals surface area contributed by atoms with Crippen LogP contribution in [0.25, 0.3) is 0 Å². The van der Waals surface area contributed by atoms with Gasteiger partial charge in [0.05, 0.1) is 17.2 Å². The molecule has 9 nitrogen and oxygen atoms in total. The van der Waals surface area contributed by atoms with Crippen molar-refractivity contribution < 1.29 is 9.45 Å². The van der Waals surface area contributed by atoms with Crippen molar-refractivity contribution in [1.29, 1.82) is 0 Å². The van der Waals surface area contributed by atoms with Crippen LogP contribution in [-0.2, 0) is 13.1 Å². The lowest BCUT2D eigenvalue weighted by atomic mass is 10.2. The Hall–Kier alpha value is -2.94. The van der Waals surface area contributed by atoms with E-state index in [1.54, 1.807) is 12.1 Å². The average Bonchev–Trinajstić information content (AvgIpc) is 3.13. The molecule has 0 saturated carbocycles. The van der Waals surface area contributed by atoms with Crippen LogP contribution in [0.3, 0.4) is 0 Å². The summed E-state index contributed by atoms with van der Waals surface area (Å²) in [4.78, 5) is 19.9. The fourth-order valence-corrected chi connectivity index (χ4v) is 3.29. The van der Waals surface area contributed by atoms with E-state index in [2.05, 4.69) is 34.1 Å². The molecule has 1 saturated heterocycles. The lowest BCUT2D eigenvalue weighted by molar-refractivity contribution is -0.384. The van der Waals surface area contributed by atoms with Gasteiger partial charge in [0.2, 0.25) is 0 Å². The third kappa shape index (κ3) is 6.28. The minimum absolute atomic E-state index is 0.0966. The van der Waals surface area contributed by atoms with Gasteiger partial charge in [0.15, 0.2) is 5.96 Å². The van der Waals surface area contributed by atoms with Crippen molar-refractivity contribution in [2.45, 2.75) is 33.9 Å². The molecule has 2 aromatic rings. The first-order valence-electron chi connectivity index (χ1n) is 10.3. The Bertz CT molecular complexity index is 854. The number of hydrogen-bond donors (Lipinski definition) is 1. The number of benzene rings is 1. The molecule has 1 fully saturated rings. The largest absolute Gasteiger partial charge is 0.361 e. The SMILES string of the molecule is Cc1cc(CN2CCN(C(=NCc3ccc([N+](=O)[O-])cc3)NCC(C)C)CC2)no1. The molecule has 9 heteroatoms. The van der Waals surface area contributed by atoms with Crippen molar-refractivity contribution in [2.24, 2.45) is 10.9 Å². The Kier molecular flexibility index (Phi) is 7.40. The van der Waals surface area contributed by atoms with Gasteiger partial charge in [0.25, 0.3) is 5.69 Å². The molecule has 1 aromatic heterocycles. The zero-order valence-corrected chi connectivity index (χ0v) is 17.9. The third-order valence-corrected chi connectivity index (χ3v) is 4.96. The summed E-state index contributed by atoms with van der Waals surface area (Å²) < 4.78 is 5.16. The van der Waals surface area contributed by atoms with Crippen LogP contribution in [0.1, 0.15) is 30.9 Å². The predicted octanol–water partition coefficient (Wildman–Crippen LogP) is 2.81. The highest BCUT2D eigenvalue weighted by Gasteiger charge is 2.21. The van der Waals surface area contributed by atoms with Gasteiger partial charge in [-0.2, -0.15) is 0 Å². The number of rotatable bonds is 7. The van der Waals surface area contributed by atoms with Gasteiger partial charge in [0.1, 0.15) is 5.76 Å². The predicted molar refractivity (Wildman–Crippen MR) is 115 cm³/mol. The molecule has 0 atom stereocenters. The monoisotopic (exact) mass is 414 g/mol. The van der Waals surface area contributed by atoms with Gasteiger partial charge in [-0.05, 0) is 18.4 Å². The van der Waals surface area contributed by atoms with Crippen LogP contribution in [-0.4, -0.2) is 58.6 Å². The van der Waals surface area contributed by atoms with E-state index < -0.39 is 0 Å². The molecule has 30 heavy (non-hydrogen) atoms. The van der Waals surface area contributed by atoms with Gasteiger partial charge in [0, 0.05) is 57.5 Å². The van der Waals surface area contributed by atoms with E-state index in [0.717, 1.165) is 62.2 Å². The van der Waals surface area contributed by atoms with E-state index in [4.69, 9.17) is 9.52 Å². The molecule has 0 unspecified atom stereocenters. The lowest BCUT2D eigenvalue weighted by Crippen LogP contribution is -2.52. The number of aliphatic imine (C=N–C) groups is 1. The number of non-ortho nitro benzene ring substituents is 1. The summed E-state index contributed by atoms with van der Waals surface area (Å²) in [6.45, 7) is 12.0. The molecule has 3 rings (SSSR count). The molecule has 0 radical (unpaired) electrons. The number of piperazine rings is 1. The maximum Gasteiger partial charge on any atom is 0.269 e. The highest BCUT2D eigenvalue weighted by molar-refractivity contribution is 5.80. The number of aromatic nitrogens is 1. The molecule has 0 aliphatic carbocycles. The first kappa shape index (κ1) is 21.8. The highest BCUT2D eigenvalue weighted by Crippen LogP contribution is 2.13. The molecule has 0 amide bonds. The van der Waals surface area contributed by atoms with Gasteiger partial charge in [-0.3, -0.25) is 15.0 Å². The Balaban J connectivity index is 1.60. The minimum Gasteiger partial charge on any atom is -0.361 e. The van der Waals surface area contributed by atoms with Crippen molar-refractivity contribution in [3.63, 3.8) is 0 Å². The van der Waals surface area contributed by atoms with E-state index in [1.807, 2.05) is 13.0 Å². The normalized spacial score (nSPS) is 15.6. The van der Waals surface area contributed by atoms with Crippen LogP contribution in [0.4, 0.5) is 5.69 Å². The molecule has 0 bridgehead atoms. The van der Waals surface area contributed by atoms with Crippen molar-refractivity contribution in [1.82, 2.24) is 20.3 Å². The molecular formula is C21H30N6O3. The van der Waals surface area contributed by atoms with Crippen LogP contribution < -0.4 is 5.32 Å². The molecule has 1 aliphatic rings. The summed E-state index contributed by atoms with van der Waals surface area (Å²) in [6.07, 6.45) is 0. The zero-order chi connectivity index (χ0) is 21.5. The zero-order valence-electron chi connectivity index (χ0n) is 17.9. The van der Waals surface area contributed by atoms with Crippen LogP contribution >= 0.6 is 0 Å². The summed E-state index contributed by atoms with van der Waals surface area (Å²) in [5.41, 5.74) is 2.01. The van der Waals surface area contributed by atoms with Crippen molar-refractivity contribution in [3.8, 4) is 0 Å². The number of nitro groups is 1. The average molecular weight is 415 g/mol. The second-order valence-corrected chi connectivity index (χ2v) is 8.03. The highest BCUT2D eigenvalue weighted by atomic mass is 16.6. The first-order chi connectivity index (χ1) is 14.4. The maximum atomic E-state index is 10.8. The summed E-state index contributed by atoms with van der Waals surface area (Å²) in [5.74, 6) is 2.23. The number of aryl methyl sites for hydroxylation is 1. The quantitative estimate of drug-likeness (QED) is 0.322.